The maximum absolute atomic E-state index is 14.4. The summed E-state index contributed by atoms with van der Waals surface area (Å²) in [5.74, 6) is -2.70. The Labute approximate surface area is 169 Å². The van der Waals surface area contributed by atoms with E-state index in [1.165, 1.54) is 0 Å². The van der Waals surface area contributed by atoms with E-state index >= 15 is 0 Å². The van der Waals surface area contributed by atoms with Crippen molar-refractivity contribution in [1.29, 1.82) is 0 Å². The Morgan fingerprint density at radius 3 is 2.66 bits per heavy atom. The number of nitrogens with zero attached hydrogens (tertiary/aromatic N) is 1. The van der Waals surface area contributed by atoms with E-state index in [0.717, 1.165) is 25.0 Å². The van der Waals surface area contributed by atoms with Crippen molar-refractivity contribution < 1.29 is 31.5 Å². The van der Waals surface area contributed by atoms with E-state index in [1.807, 2.05) is 0 Å². The molecule has 0 aromatic heterocycles. The van der Waals surface area contributed by atoms with Crippen LogP contribution in [-0.4, -0.2) is 63.1 Å². The molecular weight excluding hydrogens is 404 g/mol. The summed E-state index contributed by atoms with van der Waals surface area (Å²) in [5, 5.41) is 0. The Morgan fingerprint density at radius 2 is 1.90 bits per heavy atom. The molecule has 2 unspecified atom stereocenters. The summed E-state index contributed by atoms with van der Waals surface area (Å²) < 4.78 is 64.6. The highest BCUT2D eigenvalue weighted by molar-refractivity contribution is 7.92. The third-order valence-corrected chi connectivity index (χ3v) is 7.70. The van der Waals surface area contributed by atoms with Crippen LogP contribution in [-0.2, 0) is 19.4 Å². The molecule has 0 aliphatic carbocycles. The predicted octanol–water partition coefficient (Wildman–Crippen LogP) is 2.27. The average molecular weight is 429 g/mol. The molecule has 0 radical (unpaired) electrons. The van der Waals surface area contributed by atoms with Gasteiger partial charge in [-0.2, -0.15) is 0 Å². The Balaban J connectivity index is 1.42. The van der Waals surface area contributed by atoms with Crippen LogP contribution >= 0.6 is 0 Å². The van der Waals surface area contributed by atoms with Gasteiger partial charge in [-0.1, -0.05) is 0 Å². The second-order valence-corrected chi connectivity index (χ2v) is 10.2. The predicted molar refractivity (Wildman–Crippen MR) is 102 cm³/mol. The van der Waals surface area contributed by atoms with Crippen LogP contribution in [0.25, 0.3) is 0 Å². The molecule has 1 aromatic rings. The monoisotopic (exact) mass is 429 g/mol. The molecule has 1 aromatic carbocycles. The van der Waals surface area contributed by atoms with Gasteiger partial charge in [0.2, 0.25) is 5.91 Å². The van der Waals surface area contributed by atoms with E-state index in [9.17, 15) is 22.0 Å². The lowest BCUT2D eigenvalue weighted by Crippen LogP contribution is -2.43. The molecule has 2 saturated heterocycles. The number of carbonyl (C=O) groups is 1. The van der Waals surface area contributed by atoms with Crippen LogP contribution in [0.4, 0.5) is 8.78 Å². The standard InChI is InChI=1S/C20H25F2NO5S/c21-15-3-4-16(22)20-19(15)13-5-9-27-17(14(13)11-28-20)6-10-29(25,26)12-18(24)23-7-1-2-8-23/h3-4,13-14,17H,1-2,5-12H2/t13?,14?,17-/m0/s1. The van der Waals surface area contributed by atoms with Crippen molar-refractivity contribution in [1.82, 2.24) is 4.90 Å². The Bertz CT molecular complexity index is 885. The molecule has 160 valence electrons. The number of hydrogen-bond donors (Lipinski definition) is 0. The number of likely N-dealkylation sites (tertiary alicyclic amines) is 1. The van der Waals surface area contributed by atoms with Crippen molar-refractivity contribution in [3.05, 3.63) is 29.3 Å². The van der Waals surface area contributed by atoms with E-state index in [2.05, 4.69) is 0 Å². The minimum atomic E-state index is -3.58. The Kier molecular flexibility index (Phi) is 5.79. The number of hydrogen-bond acceptors (Lipinski definition) is 5. The van der Waals surface area contributed by atoms with E-state index in [0.29, 0.717) is 26.1 Å². The summed E-state index contributed by atoms with van der Waals surface area (Å²) in [6.07, 6.45) is 2.10. The molecule has 3 atom stereocenters. The normalized spacial score (nSPS) is 26.6. The third-order valence-electron chi connectivity index (χ3n) is 6.16. The summed E-state index contributed by atoms with van der Waals surface area (Å²) in [7, 11) is -3.58. The van der Waals surface area contributed by atoms with Gasteiger partial charge in [-0.25, -0.2) is 17.2 Å². The maximum atomic E-state index is 14.4. The van der Waals surface area contributed by atoms with Crippen LogP contribution in [0.2, 0.25) is 0 Å². The first-order chi connectivity index (χ1) is 13.9. The van der Waals surface area contributed by atoms with Gasteiger partial charge in [-0.15, -0.1) is 0 Å². The molecule has 0 spiro atoms. The highest BCUT2D eigenvalue weighted by Crippen LogP contribution is 2.46. The fraction of sp³-hybridized carbons (Fsp3) is 0.650. The summed E-state index contributed by atoms with van der Waals surface area (Å²) in [6.45, 7) is 1.72. The number of benzene rings is 1. The van der Waals surface area contributed by atoms with Crippen molar-refractivity contribution in [2.75, 3.05) is 37.8 Å². The highest BCUT2D eigenvalue weighted by atomic mass is 32.2. The lowest BCUT2D eigenvalue weighted by Gasteiger charge is -2.42. The molecule has 3 aliphatic heterocycles. The summed E-state index contributed by atoms with van der Waals surface area (Å²) >= 11 is 0. The van der Waals surface area contributed by atoms with Gasteiger partial charge in [0.25, 0.3) is 0 Å². The smallest absolute Gasteiger partial charge is 0.237 e. The van der Waals surface area contributed by atoms with Gasteiger partial charge in [0.1, 0.15) is 11.6 Å². The molecule has 3 heterocycles. The van der Waals surface area contributed by atoms with Crippen molar-refractivity contribution in [2.45, 2.75) is 37.7 Å². The highest BCUT2D eigenvalue weighted by Gasteiger charge is 2.42. The topological polar surface area (TPSA) is 72.9 Å². The van der Waals surface area contributed by atoms with Crippen molar-refractivity contribution in [3.63, 3.8) is 0 Å². The number of amides is 1. The molecule has 2 fully saturated rings. The number of sulfone groups is 1. The molecule has 0 saturated carbocycles. The van der Waals surface area contributed by atoms with Crippen LogP contribution in [0.3, 0.4) is 0 Å². The first kappa shape index (κ1) is 20.5. The molecule has 0 N–H and O–H groups in total. The summed E-state index contributed by atoms with van der Waals surface area (Å²) in [5.41, 5.74) is 0.224. The average Bonchev–Trinajstić information content (AvgIpc) is 3.23. The second kappa shape index (κ2) is 8.18. The molecule has 29 heavy (non-hydrogen) atoms. The minimum absolute atomic E-state index is 0.0456. The summed E-state index contributed by atoms with van der Waals surface area (Å²) in [4.78, 5) is 13.8. The zero-order chi connectivity index (χ0) is 20.6. The van der Waals surface area contributed by atoms with E-state index in [4.69, 9.17) is 9.47 Å². The Hall–Kier alpha value is -1.74. The van der Waals surface area contributed by atoms with Gasteiger partial charge in [0, 0.05) is 37.1 Å². The largest absolute Gasteiger partial charge is 0.490 e. The quantitative estimate of drug-likeness (QED) is 0.718. The number of ether oxygens (including phenoxy) is 2. The van der Waals surface area contributed by atoms with Crippen LogP contribution in [0, 0.1) is 17.6 Å². The van der Waals surface area contributed by atoms with Gasteiger partial charge in [-0.3, -0.25) is 4.79 Å². The second-order valence-electron chi connectivity index (χ2n) is 8.02. The lowest BCUT2D eigenvalue weighted by atomic mass is 9.76. The zero-order valence-electron chi connectivity index (χ0n) is 16.1. The van der Waals surface area contributed by atoms with Gasteiger partial charge in [0.05, 0.1) is 18.5 Å². The van der Waals surface area contributed by atoms with Crippen molar-refractivity contribution in [2.24, 2.45) is 5.92 Å². The molecule has 6 nitrogen and oxygen atoms in total. The fourth-order valence-corrected chi connectivity index (χ4v) is 5.95. The van der Waals surface area contributed by atoms with Crippen molar-refractivity contribution in [3.8, 4) is 5.75 Å². The first-order valence-electron chi connectivity index (χ1n) is 10.1. The number of rotatable bonds is 5. The maximum Gasteiger partial charge on any atom is 0.237 e. The third kappa shape index (κ3) is 4.26. The van der Waals surface area contributed by atoms with Gasteiger partial charge >= 0.3 is 0 Å². The molecule has 9 heteroatoms. The molecule has 1 amide bonds. The molecular formula is C20H25F2NO5S. The van der Waals surface area contributed by atoms with E-state index in [-0.39, 0.29) is 47.8 Å². The van der Waals surface area contributed by atoms with E-state index < -0.39 is 33.3 Å². The zero-order valence-corrected chi connectivity index (χ0v) is 16.9. The molecule has 4 rings (SSSR count). The van der Waals surface area contributed by atoms with Crippen LogP contribution in [0.5, 0.6) is 5.75 Å². The fourth-order valence-electron chi connectivity index (χ4n) is 4.66. The summed E-state index contributed by atoms with van der Waals surface area (Å²) in [6, 6.07) is 2.15. The first-order valence-corrected chi connectivity index (χ1v) is 11.9. The van der Waals surface area contributed by atoms with Gasteiger partial charge in [0.15, 0.2) is 21.4 Å². The Morgan fingerprint density at radius 1 is 1.17 bits per heavy atom. The number of halogens is 2. The molecule has 3 aliphatic rings. The number of fused-ring (bicyclic) bond motifs is 3. The molecule has 0 bridgehead atoms. The lowest BCUT2D eigenvalue weighted by molar-refractivity contribution is -0.127. The van der Waals surface area contributed by atoms with Crippen LogP contribution < -0.4 is 4.74 Å². The van der Waals surface area contributed by atoms with Crippen LogP contribution in [0.1, 0.15) is 37.2 Å². The van der Waals surface area contributed by atoms with Gasteiger partial charge in [-0.05, 0) is 37.8 Å². The number of carbonyl (C=O) groups excluding carboxylic acids is 1. The van der Waals surface area contributed by atoms with Crippen LogP contribution in [0.15, 0.2) is 12.1 Å². The van der Waals surface area contributed by atoms with E-state index in [1.54, 1.807) is 4.90 Å². The minimum Gasteiger partial charge on any atom is -0.490 e. The SMILES string of the molecule is O=C(CS(=O)(=O)CC[C@@H]1OCCC2c3c(F)ccc(F)c3OCC21)N1CCCC1. The van der Waals surface area contributed by atoms with Gasteiger partial charge < -0.3 is 14.4 Å². The van der Waals surface area contributed by atoms with Crippen molar-refractivity contribution >= 4 is 15.7 Å².